The quantitative estimate of drug-likeness (QED) is 0.515. The fourth-order valence-corrected chi connectivity index (χ4v) is 3.88. The summed E-state index contributed by atoms with van der Waals surface area (Å²) in [6, 6.07) is 9.93. The van der Waals surface area contributed by atoms with E-state index in [2.05, 4.69) is 5.32 Å². The fourth-order valence-electron chi connectivity index (χ4n) is 3.72. The lowest BCUT2D eigenvalue weighted by Crippen LogP contribution is -2.41. The largest absolute Gasteiger partial charge is 0.322 e. The van der Waals surface area contributed by atoms with E-state index in [0.717, 1.165) is 0 Å². The zero-order valence-corrected chi connectivity index (χ0v) is 18.6. The first-order chi connectivity index (χ1) is 14.9. The molecule has 0 aliphatic carbocycles. The van der Waals surface area contributed by atoms with Gasteiger partial charge < -0.3 is 10.2 Å². The van der Waals surface area contributed by atoms with Gasteiger partial charge >= 0.3 is 6.03 Å². The monoisotopic (exact) mass is 444 g/mol. The maximum atomic E-state index is 13.6. The highest BCUT2D eigenvalue weighted by atomic mass is 35.5. The fraction of sp³-hybridized carbons (Fsp3) is 0.348. The number of hydrogen-bond acceptors (Lipinski definition) is 3. The van der Waals surface area contributed by atoms with Crippen molar-refractivity contribution in [1.82, 2.24) is 14.5 Å². The van der Waals surface area contributed by atoms with E-state index in [9.17, 15) is 14.0 Å². The zero-order chi connectivity index (χ0) is 22.5. The lowest BCUT2D eigenvalue weighted by Gasteiger charge is -2.32. The van der Waals surface area contributed by atoms with Gasteiger partial charge in [-0.2, -0.15) is 0 Å². The third-order valence-corrected chi connectivity index (χ3v) is 5.36. The van der Waals surface area contributed by atoms with E-state index in [4.69, 9.17) is 16.6 Å². The number of fused-ring (bicyclic) bond motifs is 1. The van der Waals surface area contributed by atoms with Crippen LogP contribution in [-0.2, 0) is 6.54 Å². The highest BCUT2D eigenvalue weighted by Gasteiger charge is 2.28. The maximum absolute atomic E-state index is 13.6. The molecule has 3 rings (SSSR count). The molecule has 6 nitrogen and oxygen atoms in total. The number of carbonyl (C=O) groups is 1. The maximum Gasteiger partial charge on any atom is 0.322 e. The molecule has 1 N–H and O–H groups in total. The van der Waals surface area contributed by atoms with E-state index >= 15 is 0 Å². The number of carbonyl (C=O) groups excluding carboxylic acids is 1. The van der Waals surface area contributed by atoms with Gasteiger partial charge in [0, 0.05) is 23.8 Å². The summed E-state index contributed by atoms with van der Waals surface area (Å²) in [5, 5.41) is 3.73. The number of nitrogens with zero attached hydrogens (tertiary/aromatic N) is 3. The minimum Gasteiger partial charge on any atom is -0.314 e. The first-order valence-corrected chi connectivity index (χ1v) is 10.8. The number of aromatic nitrogens is 2. The summed E-state index contributed by atoms with van der Waals surface area (Å²) in [5.41, 5.74) is 0.698. The number of urea groups is 1. The highest BCUT2D eigenvalue weighted by Crippen LogP contribution is 2.26. The second-order valence-electron chi connectivity index (χ2n) is 7.24. The van der Waals surface area contributed by atoms with Crippen molar-refractivity contribution in [2.75, 3.05) is 11.9 Å². The zero-order valence-electron chi connectivity index (χ0n) is 17.9. The smallest absolute Gasteiger partial charge is 0.314 e. The molecular weight excluding hydrogens is 419 g/mol. The molecule has 164 valence electrons. The molecule has 2 amide bonds. The summed E-state index contributed by atoms with van der Waals surface area (Å²) in [4.78, 5) is 32.6. The molecule has 3 aromatic rings. The Morgan fingerprint density at radius 3 is 2.65 bits per heavy atom. The van der Waals surface area contributed by atoms with Crippen molar-refractivity contribution in [2.24, 2.45) is 0 Å². The molecule has 8 heteroatoms. The molecule has 31 heavy (non-hydrogen) atoms. The number of benzene rings is 2. The van der Waals surface area contributed by atoms with E-state index in [-0.39, 0.29) is 11.6 Å². The standard InChI is InChI=1S/C23H26ClFN4O2/c1-4-12-29(23(31)26-17-9-7-8-16(25)14-17)20(5-2)21-27-19-13-15(24)10-11-18(19)22(30)28(21)6-3/h7-11,13-14,20H,4-6,12H2,1-3H3,(H,26,31). The van der Waals surface area contributed by atoms with Crippen molar-refractivity contribution >= 4 is 34.2 Å². The topological polar surface area (TPSA) is 67.2 Å². The predicted octanol–water partition coefficient (Wildman–Crippen LogP) is 5.60. The van der Waals surface area contributed by atoms with Crippen LogP contribution in [0.3, 0.4) is 0 Å². The molecule has 0 spiro atoms. The summed E-state index contributed by atoms with van der Waals surface area (Å²) in [5.74, 6) is 0.0763. The van der Waals surface area contributed by atoms with Gasteiger partial charge in [0.25, 0.3) is 5.56 Å². The summed E-state index contributed by atoms with van der Waals surface area (Å²) in [6.45, 7) is 6.65. The van der Waals surface area contributed by atoms with Gasteiger partial charge in [0.1, 0.15) is 11.6 Å². The summed E-state index contributed by atoms with van der Waals surface area (Å²) >= 11 is 6.12. The van der Waals surface area contributed by atoms with Crippen molar-refractivity contribution in [1.29, 1.82) is 0 Å². The molecule has 1 aromatic heterocycles. The Morgan fingerprint density at radius 2 is 2.00 bits per heavy atom. The lowest BCUT2D eigenvalue weighted by atomic mass is 10.1. The van der Waals surface area contributed by atoms with Crippen molar-refractivity contribution in [2.45, 2.75) is 46.2 Å². The Labute approximate surface area is 185 Å². The highest BCUT2D eigenvalue weighted by molar-refractivity contribution is 6.31. The van der Waals surface area contributed by atoms with Gasteiger partial charge in [-0.3, -0.25) is 9.36 Å². The van der Waals surface area contributed by atoms with Gasteiger partial charge in [0.2, 0.25) is 0 Å². The minimum absolute atomic E-state index is 0.167. The van der Waals surface area contributed by atoms with Crippen molar-refractivity contribution in [3.63, 3.8) is 0 Å². The molecule has 0 bridgehead atoms. The normalized spacial score (nSPS) is 12.0. The van der Waals surface area contributed by atoms with Crippen LogP contribution in [0.1, 0.15) is 45.5 Å². The van der Waals surface area contributed by atoms with Crippen LogP contribution in [0.2, 0.25) is 5.02 Å². The summed E-state index contributed by atoms with van der Waals surface area (Å²) in [7, 11) is 0. The van der Waals surface area contributed by atoms with E-state index in [1.807, 2.05) is 20.8 Å². The predicted molar refractivity (Wildman–Crippen MR) is 122 cm³/mol. The van der Waals surface area contributed by atoms with Gasteiger partial charge in [-0.25, -0.2) is 14.2 Å². The van der Waals surface area contributed by atoms with Gasteiger partial charge in [-0.15, -0.1) is 0 Å². The van der Waals surface area contributed by atoms with Crippen LogP contribution in [-0.4, -0.2) is 27.0 Å². The molecule has 1 heterocycles. The molecule has 1 unspecified atom stereocenters. The number of amides is 2. The molecule has 0 aliphatic rings. The number of rotatable bonds is 7. The van der Waals surface area contributed by atoms with Crippen molar-refractivity contribution in [3.05, 3.63) is 69.5 Å². The Bertz CT molecular complexity index is 1150. The number of halogens is 2. The molecule has 1 atom stereocenters. The van der Waals surface area contributed by atoms with Crippen LogP contribution in [0.5, 0.6) is 0 Å². The van der Waals surface area contributed by atoms with E-state index in [1.165, 1.54) is 18.2 Å². The van der Waals surface area contributed by atoms with Gasteiger partial charge in [-0.05, 0) is 56.2 Å². The van der Waals surface area contributed by atoms with Gasteiger partial charge in [0.05, 0.1) is 16.9 Å². The van der Waals surface area contributed by atoms with Crippen LogP contribution in [0.4, 0.5) is 14.9 Å². The van der Waals surface area contributed by atoms with Crippen LogP contribution < -0.4 is 10.9 Å². The third-order valence-electron chi connectivity index (χ3n) is 5.13. The minimum atomic E-state index is -0.440. The van der Waals surface area contributed by atoms with Crippen LogP contribution in [0, 0.1) is 5.82 Å². The van der Waals surface area contributed by atoms with Crippen LogP contribution >= 0.6 is 11.6 Å². The summed E-state index contributed by atoms with van der Waals surface area (Å²) < 4.78 is 15.2. The second kappa shape index (κ2) is 9.92. The van der Waals surface area contributed by atoms with E-state index in [1.54, 1.807) is 33.7 Å². The molecule has 0 saturated carbocycles. The second-order valence-corrected chi connectivity index (χ2v) is 7.68. The van der Waals surface area contributed by atoms with Crippen LogP contribution in [0.25, 0.3) is 10.9 Å². The van der Waals surface area contributed by atoms with Crippen molar-refractivity contribution < 1.29 is 9.18 Å². The molecule has 0 saturated heterocycles. The number of anilines is 1. The Balaban J connectivity index is 2.07. The number of hydrogen-bond donors (Lipinski definition) is 1. The first-order valence-electron chi connectivity index (χ1n) is 10.4. The van der Waals surface area contributed by atoms with Crippen LogP contribution in [0.15, 0.2) is 47.3 Å². The first kappa shape index (κ1) is 22.7. The Kier molecular flexibility index (Phi) is 7.28. The molecular formula is C23H26ClFN4O2. The molecule has 0 aliphatic heterocycles. The average Bonchev–Trinajstić information content (AvgIpc) is 2.73. The Morgan fingerprint density at radius 1 is 1.23 bits per heavy atom. The lowest BCUT2D eigenvalue weighted by molar-refractivity contribution is 0.180. The molecule has 2 aromatic carbocycles. The molecule has 0 radical (unpaired) electrons. The van der Waals surface area contributed by atoms with Gasteiger partial charge in [0.15, 0.2) is 0 Å². The van der Waals surface area contributed by atoms with Crippen molar-refractivity contribution in [3.8, 4) is 0 Å². The third kappa shape index (κ3) is 4.88. The Hall–Kier alpha value is -2.93. The SMILES string of the molecule is CCCN(C(=O)Nc1cccc(F)c1)C(CC)c1nc2cc(Cl)ccc2c(=O)n1CC. The average molecular weight is 445 g/mol. The number of nitrogens with one attached hydrogen (secondary N) is 1. The molecule has 0 fully saturated rings. The summed E-state index contributed by atoms with van der Waals surface area (Å²) in [6.07, 6.45) is 1.26. The van der Waals surface area contributed by atoms with E-state index in [0.29, 0.717) is 53.4 Å². The van der Waals surface area contributed by atoms with Gasteiger partial charge in [-0.1, -0.05) is 31.5 Å². The van der Waals surface area contributed by atoms with E-state index < -0.39 is 11.9 Å².